The molecule has 1 aromatic carbocycles. The number of carbonyl (C=O) groups is 1. The Bertz CT molecular complexity index is 329. The van der Waals surface area contributed by atoms with E-state index in [0.717, 1.165) is 24.2 Å². The summed E-state index contributed by atoms with van der Waals surface area (Å²) >= 11 is 0. The Kier molecular flexibility index (Phi) is 7.60. The molecule has 3 nitrogen and oxygen atoms in total. The predicted molar refractivity (Wildman–Crippen MR) is 69.3 cm³/mol. The van der Waals surface area contributed by atoms with Gasteiger partial charge in [-0.05, 0) is 25.6 Å². The van der Waals surface area contributed by atoms with Gasteiger partial charge in [-0.15, -0.1) is 12.4 Å². The van der Waals surface area contributed by atoms with Gasteiger partial charge in [0.2, 0.25) is 0 Å². The van der Waals surface area contributed by atoms with E-state index in [2.05, 4.69) is 10.6 Å². The lowest BCUT2D eigenvalue weighted by atomic mass is 10.1. The lowest BCUT2D eigenvalue weighted by molar-refractivity contribution is 0.0954. The number of hydrogen-bond acceptors (Lipinski definition) is 2. The molecule has 1 rings (SSSR count). The van der Waals surface area contributed by atoms with E-state index in [1.165, 1.54) is 0 Å². The molecule has 0 fully saturated rings. The van der Waals surface area contributed by atoms with Crippen molar-refractivity contribution in [1.82, 2.24) is 10.6 Å². The van der Waals surface area contributed by atoms with E-state index in [4.69, 9.17) is 0 Å². The van der Waals surface area contributed by atoms with Gasteiger partial charge in [0.15, 0.2) is 0 Å². The second kappa shape index (κ2) is 8.13. The van der Waals surface area contributed by atoms with Crippen molar-refractivity contribution in [2.75, 3.05) is 19.6 Å². The van der Waals surface area contributed by atoms with Gasteiger partial charge in [-0.3, -0.25) is 4.79 Å². The summed E-state index contributed by atoms with van der Waals surface area (Å²) in [6, 6.07) is 7.60. The number of amides is 1. The quantitative estimate of drug-likeness (QED) is 0.773. The normalized spacial score (nSPS) is 9.38. The third-order valence-electron chi connectivity index (χ3n) is 2.12. The largest absolute Gasteiger partial charge is 0.351 e. The molecule has 90 valence electrons. The van der Waals surface area contributed by atoms with Gasteiger partial charge in [0, 0.05) is 18.7 Å². The zero-order chi connectivity index (χ0) is 11.1. The minimum Gasteiger partial charge on any atom is -0.351 e. The van der Waals surface area contributed by atoms with Gasteiger partial charge in [0.25, 0.3) is 5.91 Å². The van der Waals surface area contributed by atoms with Crippen LogP contribution in [0.2, 0.25) is 0 Å². The van der Waals surface area contributed by atoms with Crippen molar-refractivity contribution in [3.63, 3.8) is 0 Å². The van der Waals surface area contributed by atoms with E-state index in [1.54, 1.807) is 0 Å². The third-order valence-corrected chi connectivity index (χ3v) is 2.12. The number of nitrogens with one attached hydrogen (secondary N) is 2. The molecule has 0 unspecified atom stereocenters. The molecule has 1 aromatic rings. The van der Waals surface area contributed by atoms with Crippen molar-refractivity contribution < 1.29 is 4.79 Å². The van der Waals surface area contributed by atoms with E-state index in [0.29, 0.717) is 6.54 Å². The molecule has 0 atom stereocenters. The summed E-state index contributed by atoms with van der Waals surface area (Å²) in [7, 11) is 0. The number of rotatable bonds is 5. The van der Waals surface area contributed by atoms with Gasteiger partial charge in [0.05, 0.1) is 0 Å². The van der Waals surface area contributed by atoms with Crippen LogP contribution in [-0.2, 0) is 0 Å². The molecular formula is C12H19ClN2O. The molecule has 0 aliphatic rings. The minimum atomic E-state index is -0.00315. The van der Waals surface area contributed by atoms with E-state index < -0.39 is 0 Å². The van der Waals surface area contributed by atoms with E-state index >= 15 is 0 Å². The first-order chi connectivity index (χ1) is 7.24. The molecule has 0 bridgehead atoms. The third kappa shape index (κ3) is 5.14. The van der Waals surface area contributed by atoms with Crippen LogP contribution in [0, 0.1) is 6.92 Å². The van der Waals surface area contributed by atoms with Gasteiger partial charge in [-0.1, -0.05) is 24.6 Å². The highest BCUT2D eigenvalue weighted by Gasteiger charge is 2.03. The summed E-state index contributed by atoms with van der Waals surface area (Å²) in [5, 5.41) is 6.01. The molecule has 0 aromatic heterocycles. The Hall–Kier alpha value is -1.06. The smallest absolute Gasteiger partial charge is 0.251 e. The Morgan fingerprint density at radius 1 is 1.31 bits per heavy atom. The summed E-state index contributed by atoms with van der Waals surface area (Å²) in [5.74, 6) is -0.00315. The van der Waals surface area contributed by atoms with Crippen LogP contribution in [0.3, 0.4) is 0 Å². The molecule has 2 N–H and O–H groups in total. The Labute approximate surface area is 103 Å². The maximum absolute atomic E-state index is 11.6. The van der Waals surface area contributed by atoms with E-state index in [1.807, 2.05) is 38.1 Å². The van der Waals surface area contributed by atoms with Crippen molar-refractivity contribution >= 4 is 18.3 Å². The monoisotopic (exact) mass is 242 g/mol. The van der Waals surface area contributed by atoms with Crippen molar-refractivity contribution in [3.05, 3.63) is 35.4 Å². The lowest BCUT2D eigenvalue weighted by Gasteiger charge is -2.05. The molecule has 0 spiro atoms. The fourth-order valence-electron chi connectivity index (χ4n) is 1.33. The molecule has 0 aliphatic heterocycles. The van der Waals surface area contributed by atoms with Gasteiger partial charge >= 0.3 is 0 Å². The summed E-state index contributed by atoms with van der Waals surface area (Å²) in [6.45, 7) is 6.44. The first kappa shape index (κ1) is 14.9. The molecule has 0 radical (unpaired) electrons. The average Bonchev–Trinajstić information content (AvgIpc) is 2.24. The van der Waals surface area contributed by atoms with Gasteiger partial charge in [0.1, 0.15) is 0 Å². The number of carbonyl (C=O) groups excluding carboxylic acids is 1. The van der Waals surface area contributed by atoms with Crippen LogP contribution in [-0.4, -0.2) is 25.5 Å². The van der Waals surface area contributed by atoms with Gasteiger partial charge in [-0.2, -0.15) is 0 Å². The molecular weight excluding hydrogens is 224 g/mol. The van der Waals surface area contributed by atoms with Crippen LogP contribution >= 0.6 is 12.4 Å². The zero-order valence-corrected chi connectivity index (χ0v) is 10.6. The summed E-state index contributed by atoms with van der Waals surface area (Å²) in [4.78, 5) is 11.6. The topological polar surface area (TPSA) is 41.1 Å². The van der Waals surface area contributed by atoms with Crippen LogP contribution in [0.25, 0.3) is 0 Å². The highest BCUT2D eigenvalue weighted by atomic mass is 35.5. The van der Waals surface area contributed by atoms with Crippen molar-refractivity contribution in [3.8, 4) is 0 Å². The Morgan fingerprint density at radius 3 is 2.69 bits per heavy atom. The predicted octanol–water partition coefficient (Wildman–Crippen LogP) is 1.76. The number of aryl methyl sites for hydroxylation is 1. The maximum Gasteiger partial charge on any atom is 0.251 e. The first-order valence-electron chi connectivity index (χ1n) is 5.29. The van der Waals surface area contributed by atoms with Gasteiger partial charge < -0.3 is 10.6 Å². The van der Waals surface area contributed by atoms with Crippen LogP contribution in [0.1, 0.15) is 22.8 Å². The SMILES string of the molecule is CCNCCNC(=O)c1cccc(C)c1.Cl. The van der Waals surface area contributed by atoms with Gasteiger partial charge in [-0.25, -0.2) is 0 Å². The molecule has 0 saturated carbocycles. The van der Waals surface area contributed by atoms with Crippen molar-refractivity contribution in [2.45, 2.75) is 13.8 Å². The highest BCUT2D eigenvalue weighted by Crippen LogP contribution is 2.02. The molecule has 0 heterocycles. The summed E-state index contributed by atoms with van der Waals surface area (Å²) < 4.78 is 0. The van der Waals surface area contributed by atoms with Crippen LogP contribution in [0.15, 0.2) is 24.3 Å². The maximum atomic E-state index is 11.6. The summed E-state index contributed by atoms with van der Waals surface area (Å²) in [5.41, 5.74) is 1.83. The molecule has 4 heteroatoms. The summed E-state index contributed by atoms with van der Waals surface area (Å²) in [6.07, 6.45) is 0. The second-order valence-electron chi connectivity index (χ2n) is 3.48. The average molecular weight is 243 g/mol. The number of halogens is 1. The first-order valence-corrected chi connectivity index (χ1v) is 5.29. The van der Waals surface area contributed by atoms with Crippen LogP contribution in [0.5, 0.6) is 0 Å². The highest BCUT2D eigenvalue weighted by molar-refractivity contribution is 5.94. The Morgan fingerprint density at radius 2 is 2.06 bits per heavy atom. The number of benzene rings is 1. The fraction of sp³-hybridized carbons (Fsp3) is 0.417. The number of hydrogen-bond donors (Lipinski definition) is 2. The fourth-order valence-corrected chi connectivity index (χ4v) is 1.33. The molecule has 0 aliphatic carbocycles. The molecule has 1 amide bonds. The Balaban J connectivity index is 0.00000225. The standard InChI is InChI=1S/C12H18N2O.ClH/c1-3-13-7-8-14-12(15)11-6-4-5-10(2)9-11;/h4-6,9,13H,3,7-8H2,1-2H3,(H,14,15);1H. The molecule has 16 heavy (non-hydrogen) atoms. The number of likely N-dealkylation sites (N-methyl/N-ethyl adjacent to an activating group) is 1. The molecule has 0 saturated heterocycles. The van der Waals surface area contributed by atoms with E-state index in [-0.39, 0.29) is 18.3 Å². The van der Waals surface area contributed by atoms with Crippen LogP contribution < -0.4 is 10.6 Å². The second-order valence-corrected chi connectivity index (χ2v) is 3.48. The van der Waals surface area contributed by atoms with E-state index in [9.17, 15) is 4.79 Å². The van der Waals surface area contributed by atoms with Crippen molar-refractivity contribution in [1.29, 1.82) is 0 Å². The van der Waals surface area contributed by atoms with Crippen molar-refractivity contribution in [2.24, 2.45) is 0 Å². The lowest BCUT2D eigenvalue weighted by Crippen LogP contribution is -2.31. The zero-order valence-electron chi connectivity index (χ0n) is 9.75. The minimum absolute atomic E-state index is 0. The van der Waals surface area contributed by atoms with Crippen LogP contribution in [0.4, 0.5) is 0 Å².